The Balaban J connectivity index is 1.53. The predicted octanol–water partition coefficient (Wildman–Crippen LogP) is 1.41. The van der Waals surface area contributed by atoms with Gasteiger partial charge in [0, 0.05) is 32.3 Å². The second kappa shape index (κ2) is 6.29. The van der Waals surface area contributed by atoms with Crippen LogP contribution in [-0.2, 0) is 4.74 Å². The molecular weight excluding hydrogens is 320 g/mol. The molecule has 4 heterocycles. The Kier molecular flexibility index (Phi) is 3.96. The van der Waals surface area contributed by atoms with Crippen LogP contribution in [0.3, 0.4) is 0 Å². The molecule has 1 N–H and O–H groups in total. The second-order valence-corrected chi connectivity index (χ2v) is 6.44. The number of pyridine rings is 1. The van der Waals surface area contributed by atoms with Gasteiger partial charge in [0.15, 0.2) is 0 Å². The smallest absolute Gasteiger partial charge is 0.272 e. The molecule has 0 aromatic carbocycles. The Morgan fingerprint density at radius 1 is 1.44 bits per heavy atom. The summed E-state index contributed by atoms with van der Waals surface area (Å²) in [7, 11) is 1.79. The molecule has 25 heavy (non-hydrogen) atoms. The quantitative estimate of drug-likeness (QED) is 0.776. The number of hydrogen-bond acceptors (Lipinski definition) is 5. The highest BCUT2D eigenvalue weighted by Crippen LogP contribution is 2.29. The Labute approximate surface area is 144 Å². The van der Waals surface area contributed by atoms with Gasteiger partial charge in [0.25, 0.3) is 5.91 Å². The highest BCUT2D eigenvalue weighted by molar-refractivity contribution is 5.93. The lowest BCUT2D eigenvalue weighted by molar-refractivity contribution is 0.0545. The first-order valence-electron chi connectivity index (χ1n) is 8.29. The lowest BCUT2D eigenvalue weighted by Crippen LogP contribution is -2.37. The minimum atomic E-state index is -0.0946. The fraction of sp³-hybridized carbons (Fsp3) is 0.412. The van der Waals surface area contributed by atoms with Crippen LogP contribution in [0, 0.1) is 6.92 Å². The third-order valence-corrected chi connectivity index (χ3v) is 4.67. The Morgan fingerprint density at radius 3 is 3.12 bits per heavy atom. The van der Waals surface area contributed by atoms with Crippen LogP contribution in [0.25, 0.3) is 5.65 Å². The van der Waals surface area contributed by atoms with Crippen molar-refractivity contribution in [3.05, 3.63) is 47.9 Å². The Hall–Kier alpha value is -2.74. The van der Waals surface area contributed by atoms with Crippen molar-refractivity contribution in [3.8, 4) is 0 Å². The molecule has 130 valence electrons. The van der Waals surface area contributed by atoms with Crippen LogP contribution in [0.5, 0.6) is 0 Å². The molecule has 4 rings (SSSR count). The number of H-pyrrole nitrogens is 1. The van der Waals surface area contributed by atoms with Gasteiger partial charge in [-0.1, -0.05) is 6.07 Å². The third kappa shape index (κ3) is 2.89. The SMILES string of the molecule is Cc1ccc2ncc(C(=O)N(C)C[C@H]3OCC[C@H]3c3ncn[nH]3)n2c1. The molecule has 0 unspecified atom stereocenters. The van der Waals surface area contributed by atoms with E-state index in [2.05, 4.69) is 20.2 Å². The number of aryl methyl sites for hydroxylation is 1. The maximum Gasteiger partial charge on any atom is 0.272 e. The van der Waals surface area contributed by atoms with E-state index in [0.29, 0.717) is 18.8 Å². The summed E-state index contributed by atoms with van der Waals surface area (Å²) in [5.74, 6) is 0.862. The number of nitrogens with zero attached hydrogens (tertiary/aromatic N) is 5. The van der Waals surface area contributed by atoms with Gasteiger partial charge in [-0.25, -0.2) is 9.97 Å². The maximum absolute atomic E-state index is 12.9. The number of carbonyl (C=O) groups excluding carboxylic acids is 1. The van der Waals surface area contributed by atoms with E-state index in [1.54, 1.807) is 18.1 Å². The molecule has 3 aromatic rings. The van der Waals surface area contributed by atoms with Gasteiger partial charge >= 0.3 is 0 Å². The van der Waals surface area contributed by atoms with Crippen LogP contribution in [-0.4, -0.2) is 61.7 Å². The van der Waals surface area contributed by atoms with E-state index in [9.17, 15) is 4.79 Å². The Bertz CT molecular complexity index is 888. The molecule has 1 amide bonds. The summed E-state index contributed by atoms with van der Waals surface area (Å²) in [4.78, 5) is 23.1. The zero-order chi connectivity index (χ0) is 17.4. The Morgan fingerprint density at radius 2 is 2.32 bits per heavy atom. The molecule has 8 heteroatoms. The molecule has 0 aliphatic carbocycles. The molecule has 8 nitrogen and oxygen atoms in total. The summed E-state index contributed by atoms with van der Waals surface area (Å²) in [5, 5.41) is 6.83. The van der Waals surface area contributed by atoms with Crippen molar-refractivity contribution in [2.75, 3.05) is 20.2 Å². The molecule has 0 radical (unpaired) electrons. The first-order chi connectivity index (χ1) is 12.1. The van der Waals surface area contributed by atoms with Gasteiger partial charge in [-0.15, -0.1) is 0 Å². The summed E-state index contributed by atoms with van der Waals surface area (Å²) >= 11 is 0. The zero-order valence-electron chi connectivity index (χ0n) is 14.2. The van der Waals surface area contributed by atoms with Crippen LogP contribution < -0.4 is 0 Å². The number of carbonyl (C=O) groups is 1. The molecule has 0 bridgehead atoms. The fourth-order valence-electron chi connectivity index (χ4n) is 3.33. The molecule has 1 fully saturated rings. The summed E-state index contributed by atoms with van der Waals surface area (Å²) in [6.45, 7) is 3.14. The van der Waals surface area contributed by atoms with Crippen molar-refractivity contribution in [1.29, 1.82) is 0 Å². The molecular formula is C17H20N6O2. The first kappa shape index (κ1) is 15.8. The fourth-order valence-corrected chi connectivity index (χ4v) is 3.33. The monoisotopic (exact) mass is 340 g/mol. The molecule has 2 atom stereocenters. The number of aromatic amines is 1. The van der Waals surface area contributed by atoms with E-state index in [-0.39, 0.29) is 17.9 Å². The molecule has 0 spiro atoms. The van der Waals surface area contributed by atoms with E-state index >= 15 is 0 Å². The van der Waals surface area contributed by atoms with Gasteiger partial charge in [0.1, 0.15) is 23.5 Å². The van der Waals surface area contributed by atoms with Gasteiger partial charge in [-0.05, 0) is 25.0 Å². The maximum atomic E-state index is 12.9. The highest BCUT2D eigenvalue weighted by atomic mass is 16.5. The van der Waals surface area contributed by atoms with Crippen LogP contribution in [0.15, 0.2) is 30.9 Å². The number of ether oxygens (including phenoxy) is 1. The van der Waals surface area contributed by atoms with E-state index in [1.165, 1.54) is 6.33 Å². The number of rotatable bonds is 4. The molecule has 0 saturated carbocycles. The number of amides is 1. The lowest BCUT2D eigenvalue weighted by atomic mass is 10.0. The first-order valence-corrected chi connectivity index (χ1v) is 8.29. The highest BCUT2D eigenvalue weighted by Gasteiger charge is 2.33. The zero-order valence-corrected chi connectivity index (χ0v) is 14.2. The molecule has 3 aromatic heterocycles. The minimum absolute atomic E-state index is 0.0788. The molecule has 1 saturated heterocycles. The van der Waals surface area contributed by atoms with Crippen molar-refractivity contribution >= 4 is 11.6 Å². The van der Waals surface area contributed by atoms with Gasteiger partial charge < -0.3 is 9.64 Å². The normalized spacial score (nSPS) is 20.2. The van der Waals surface area contributed by atoms with Crippen LogP contribution in [0.1, 0.15) is 34.2 Å². The largest absolute Gasteiger partial charge is 0.376 e. The number of likely N-dealkylation sites (N-methyl/N-ethyl adjacent to an activating group) is 1. The number of nitrogens with one attached hydrogen (secondary N) is 1. The third-order valence-electron chi connectivity index (χ3n) is 4.67. The molecule has 1 aliphatic rings. The van der Waals surface area contributed by atoms with Gasteiger partial charge in [-0.3, -0.25) is 14.3 Å². The minimum Gasteiger partial charge on any atom is -0.376 e. The number of fused-ring (bicyclic) bond motifs is 1. The summed E-state index contributed by atoms with van der Waals surface area (Å²) in [6, 6.07) is 3.89. The summed E-state index contributed by atoms with van der Waals surface area (Å²) < 4.78 is 7.66. The topological polar surface area (TPSA) is 88.4 Å². The average Bonchev–Trinajstić information content (AvgIpc) is 3.33. The van der Waals surface area contributed by atoms with Gasteiger partial charge in [-0.2, -0.15) is 5.10 Å². The standard InChI is InChI=1S/C17H20N6O2/c1-11-3-4-15-18-7-13(23(15)8-11)17(24)22(2)9-14-12(5-6-25-14)16-19-10-20-21-16/h3-4,7-8,10,12,14H,5-6,9H2,1-2H3,(H,19,20,21)/t12-,14-/m1/s1. The summed E-state index contributed by atoms with van der Waals surface area (Å²) in [5.41, 5.74) is 2.39. The summed E-state index contributed by atoms with van der Waals surface area (Å²) in [6.07, 6.45) is 5.82. The van der Waals surface area contributed by atoms with E-state index in [4.69, 9.17) is 4.74 Å². The number of imidazole rings is 1. The van der Waals surface area contributed by atoms with Crippen molar-refractivity contribution in [1.82, 2.24) is 29.5 Å². The van der Waals surface area contributed by atoms with Crippen molar-refractivity contribution in [3.63, 3.8) is 0 Å². The van der Waals surface area contributed by atoms with E-state index in [1.807, 2.05) is 29.7 Å². The van der Waals surface area contributed by atoms with Gasteiger partial charge in [0.2, 0.25) is 0 Å². The second-order valence-electron chi connectivity index (χ2n) is 6.44. The van der Waals surface area contributed by atoms with Crippen LogP contribution in [0.2, 0.25) is 0 Å². The number of hydrogen-bond donors (Lipinski definition) is 1. The molecule has 1 aliphatic heterocycles. The predicted molar refractivity (Wildman–Crippen MR) is 90.4 cm³/mol. The van der Waals surface area contributed by atoms with Crippen molar-refractivity contribution in [2.45, 2.75) is 25.4 Å². The van der Waals surface area contributed by atoms with Crippen molar-refractivity contribution < 1.29 is 9.53 Å². The van der Waals surface area contributed by atoms with E-state index < -0.39 is 0 Å². The van der Waals surface area contributed by atoms with Crippen LogP contribution >= 0.6 is 0 Å². The van der Waals surface area contributed by atoms with Gasteiger partial charge in [0.05, 0.1) is 12.3 Å². The average molecular weight is 340 g/mol. The lowest BCUT2D eigenvalue weighted by Gasteiger charge is -2.23. The van der Waals surface area contributed by atoms with Crippen molar-refractivity contribution in [2.24, 2.45) is 0 Å². The number of aromatic nitrogens is 5. The van der Waals surface area contributed by atoms with Crippen LogP contribution in [0.4, 0.5) is 0 Å². The van der Waals surface area contributed by atoms with E-state index in [0.717, 1.165) is 23.5 Å².